The third kappa shape index (κ3) is 3.31. The van der Waals surface area contributed by atoms with E-state index in [-0.39, 0.29) is 23.8 Å². The number of rotatable bonds is 4. The Hall–Kier alpha value is -4.65. The molecule has 2 aliphatic heterocycles. The average Bonchev–Trinajstić information content (AvgIpc) is 3.27. The summed E-state index contributed by atoms with van der Waals surface area (Å²) in [4.78, 5) is 24.5. The molecule has 4 heterocycles. The summed E-state index contributed by atoms with van der Waals surface area (Å²) >= 11 is 0. The molecule has 3 unspecified atom stereocenters. The van der Waals surface area contributed by atoms with Gasteiger partial charge in [-0.2, -0.15) is 0 Å². The average molecular weight is 487 g/mol. The van der Waals surface area contributed by atoms with Gasteiger partial charge < -0.3 is 19.8 Å². The minimum absolute atomic E-state index is 0.0143. The van der Waals surface area contributed by atoms with E-state index in [1.807, 2.05) is 24.3 Å². The van der Waals surface area contributed by atoms with Gasteiger partial charge in [-0.3, -0.25) is 4.79 Å². The van der Waals surface area contributed by atoms with Gasteiger partial charge in [-0.05, 0) is 53.9 Å². The Balaban J connectivity index is 1.07. The predicted octanol–water partition coefficient (Wildman–Crippen LogP) is 5.94. The number of carbonyl (C=O) groups is 1. The smallest absolute Gasteiger partial charge is 0.225 e. The first-order chi connectivity index (χ1) is 18.2. The van der Waals surface area contributed by atoms with Gasteiger partial charge in [-0.1, -0.05) is 36.4 Å². The SMILES string of the molecule is O=C1CCc2c(Oc3ccc4c(c3)C3C(O4)C3c3nc4ccc(-c5ccccc5)cc4[nH]3)ccnc2N1. The van der Waals surface area contributed by atoms with E-state index in [4.69, 9.17) is 14.5 Å². The van der Waals surface area contributed by atoms with E-state index in [2.05, 4.69) is 63.8 Å². The highest BCUT2D eigenvalue weighted by Crippen LogP contribution is 2.63. The van der Waals surface area contributed by atoms with Crippen molar-refractivity contribution in [3.8, 4) is 28.4 Å². The number of anilines is 1. The molecule has 1 amide bonds. The topological polar surface area (TPSA) is 89.1 Å². The highest BCUT2D eigenvalue weighted by Gasteiger charge is 2.61. The van der Waals surface area contributed by atoms with Crippen LogP contribution in [0, 0.1) is 0 Å². The van der Waals surface area contributed by atoms with Crippen LogP contribution in [-0.2, 0) is 11.2 Å². The maximum absolute atomic E-state index is 11.7. The molecule has 0 spiro atoms. The lowest BCUT2D eigenvalue weighted by molar-refractivity contribution is -0.116. The lowest BCUT2D eigenvalue weighted by Gasteiger charge is -2.19. The molecule has 3 aromatic carbocycles. The van der Waals surface area contributed by atoms with Crippen molar-refractivity contribution in [1.29, 1.82) is 0 Å². The van der Waals surface area contributed by atoms with E-state index in [1.54, 1.807) is 6.20 Å². The normalized spacial score (nSPS) is 21.0. The van der Waals surface area contributed by atoms with Crippen LogP contribution in [0.4, 0.5) is 5.82 Å². The molecular weight excluding hydrogens is 464 g/mol. The Morgan fingerprint density at radius 3 is 2.76 bits per heavy atom. The fourth-order valence-electron chi connectivity index (χ4n) is 5.71. The Labute approximate surface area is 212 Å². The van der Waals surface area contributed by atoms with E-state index in [0.717, 1.165) is 45.2 Å². The number of ether oxygens (including phenoxy) is 2. The van der Waals surface area contributed by atoms with E-state index < -0.39 is 0 Å². The second-order valence-electron chi connectivity index (χ2n) is 9.84. The Bertz CT molecular complexity index is 1710. The standard InChI is InChI=1S/C30H22N4O3/c35-25-11-8-19-24(12-13-31-29(19)34-25)36-18-7-10-23-20(15-18)26-27(28(26)37-23)30-32-21-9-6-17(14-22(21)33-30)16-4-2-1-3-5-16/h1-7,9-10,12-15,26-28H,8,11H2,(H,32,33)(H,31,34,35). The van der Waals surface area contributed by atoms with Crippen molar-refractivity contribution < 1.29 is 14.3 Å². The van der Waals surface area contributed by atoms with Crippen LogP contribution in [0.3, 0.4) is 0 Å². The maximum atomic E-state index is 11.7. The summed E-state index contributed by atoms with van der Waals surface area (Å²) in [5, 5.41) is 2.83. The molecule has 3 aliphatic rings. The quantitative estimate of drug-likeness (QED) is 0.328. The highest BCUT2D eigenvalue weighted by atomic mass is 16.5. The lowest BCUT2D eigenvalue weighted by atomic mass is 10.1. The van der Waals surface area contributed by atoms with Crippen LogP contribution < -0.4 is 14.8 Å². The van der Waals surface area contributed by atoms with Crippen molar-refractivity contribution in [1.82, 2.24) is 15.0 Å². The minimum atomic E-state index is -0.0143. The number of hydrogen-bond donors (Lipinski definition) is 2. The Kier molecular flexibility index (Phi) is 4.26. The van der Waals surface area contributed by atoms with Crippen molar-refractivity contribution in [2.24, 2.45) is 0 Å². The van der Waals surface area contributed by atoms with Crippen LogP contribution in [-0.4, -0.2) is 27.0 Å². The van der Waals surface area contributed by atoms with Gasteiger partial charge >= 0.3 is 0 Å². The molecule has 3 atom stereocenters. The molecule has 0 saturated heterocycles. The van der Waals surface area contributed by atoms with Gasteiger partial charge in [0.15, 0.2) is 0 Å². The monoisotopic (exact) mass is 486 g/mol. The maximum Gasteiger partial charge on any atom is 0.225 e. The molecule has 0 radical (unpaired) electrons. The fraction of sp³-hybridized carbons (Fsp3) is 0.167. The number of nitrogens with one attached hydrogen (secondary N) is 2. The number of pyridine rings is 1. The van der Waals surface area contributed by atoms with Crippen LogP contribution in [0.15, 0.2) is 79.0 Å². The van der Waals surface area contributed by atoms with Gasteiger partial charge in [0, 0.05) is 29.7 Å². The van der Waals surface area contributed by atoms with E-state index in [9.17, 15) is 4.79 Å². The lowest BCUT2D eigenvalue weighted by Crippen LogP contribution is -2.20. The van der Waals surface area contributed by atoms with Crippen molar-refractivity contribution in [3.63, 3.8) is 0 Å². The van der Waals surface area contributed by atoms with Crippen LogP contribution in [0.1, 0.15) is 35.2 Å². The van der Waals surface area contributed by atoms with E-state index in [0.29, 0.717) is 18.7 Å². The molecule has 0 bridgehead atoms. The molecule has 7 heteroatoms. The number of aromatic nitrogens is 3. The number of benzene rings is 3. The number of carbonyl (C=O) groups excluding carboxylic acids is 1. The summed E-state index contributed by atoms with van der Waals surface area (Å²) in [5.74, 6) is 4.35. The van der Waals surface area contributed by atoms with Crippen molar-refractivity contribution in [2.45, 2.75) is 30.8 Å². The summed E-state index contributed by atoms with van der Waals surface area (Å²) < 4.78 is 12.5. The number of aromatic amines is 1. The number of nitrogens with zero attached hydrogens (tertiary/aromatic N) is 2. The minimum Gasteiger partial charge on any atom is -0.489 e. The molecule has 2 N–H and O–H groups in total. The summed E-state index contributed by atoms with van der Waals surface area (Å²) in [6.07, 6.45) is 2.79. The van der Waals surface area contributed by atoms with Gasteiger partial charge in [0.2, 0.25) is 5.91 Å². The molecule has 8 rings (SSSR count). The third-order valence-electron chi connectivity index (χ3n) is 7.58. The van der Waals surface area contributed by atoms with Crippen molar-refractivity contribution >= 4 is 22.8 Å². The number of hydrogen-bond acceptors (Lipinski definition) is 5. The van der Waals surface area contributed by atoms with Crippen molar-refractivity contribution in [3.05, 3.63) is 95.9 Å². The number of imidazole rings is 1. The molecule has 37 heavy (non-hydrogen) atoms. The first kappa shape index (κ1) is 20.5. The van der Waals surface area contributed by atoms with Crippen molar-refractivity contribution in [2.75, 3.05) is 5.32 Å². The summed E-state index contributed by atoms with van der Waals surface area (Å²) in [6, 6.07) is 24.6. The molecule has 1 saturated carbocycles. The largest absolute Gasteiger partial charge is 0.489 e. The zero-order valence-corrected chi connectivity index (χ0v) is 19.8. The second kappa shape index (κ2) is 7.67. The molecule has 5 aromatic rings. The first-order valence-corrected chi connectivity index (χ1v) is 12.5. The zero-order chi connectivity index (χ0) is 24.5. The van der Waals surface area contributed by atoms with Gasteiger partial charge in [0.1, 0.15) is 35.0 Å². The van der Waals surface area contributed by atoms with Crippen LogP contribution in [0.5, 0.6) is 17.2 Å². The zero-order valence-electron chi connectivity index (χ0n) is 19.8. The molecule has 7 nitrogen and oxygen atoms in total. The van der Waals surface area contributed by atoms with Gasteiger partial charge in [0.05, 0.1) is 17.0 Å². The second-order valence-corrected chi connectivity index (χ2v) is 9.84. The highest BCUT2D eigenvalue weighted by molar-refractivity contribution is 5.93. The van der Waals surface area contributed by atoms with Crippen LogP contribution in [0.2, 0.25) is 0 Å². The van der Waals surface area contributed by atoms with Crippen LogP contribution >= 0.6 is 0 Å². The van der Waals surface area contributed by atoms with Crippen LogP contribution in [0.25, 0.3) is 22.2 Å². The molecular formula is C30H22N4O3. The Morgan fingerprint density at radius 1 is 0.919 bits per heavy atom. The molecule has 2 aromatic heterocycles. The number of H-pyrrole nitrogens is 1. The van der Waals surface area contributed by atoms with E-state index in [1.165, 1.54) is 11.1 Å². The summed E-state index contributed by atoms with van der Waals surface area (Å²) in [6.45, 7) is 0. The van der Waals surface area contributed by atoms with E-state index >= 15 is 0 Å². The summed E-state index contributed by atoms with van der Waals surface area (Å²) in [5.41, 5.74) is 6.43. The number of fused-ring (bicyclic) bond motifs is 5. The van der Waals surface area contributed by atoms with Gasteiger partial charge in [-0.15, -0.1) is 0 Å². The number of amides is 1. The molecule has 1 aliphatic carbocycles. The summed E-state index contributed by atoms with van der Waals surface area (Å²) in [7, 11) is 0. The molecule has 1 fully saturated rings. The first-order valence-electron chi connectivity index (χ1n) is 12.5. The van der Waals surface area contributed by atoms with Gasteiger partial charge in [0.25, 0.3) is 0 Å². The third-order valence-corrected chi connectivity index (χ3v) is 7.58. The fourth-order valence-corrected chi connectivity index (χ4v) is 5.71. The molecule has 180 valence electrons. The van der Waals surface area contributed by atoms with Gasteiger partial charge in [-0.25, -0.2) is 9.97 Å². The predicted molar refractivity (Wildman–Crippen MR) is 139 cm³/mol. The Morgan fingerprint density at radius 2 is 1.84 bits per heavy atom.